The molecule has 0 aliphatic heterocycles. The monoisotopic (exact) mass is 264 g/mol. The van der Waals surface area contributed by atoms with Crippen LogP contribution in [0.5, 0.6) is 0 Å². The number of benzene rings is 1. The molecule has 0 aliphatic rings. The van der Waals surface area contributed by atoms with E-state index in [9.17, 15) is 0 Å². The SMILES string of the molecule is CNCc1cc(C)nc(-c2ccc3ccccc3n2)n1. The predicted molar refractivity (Wildman–Crippen MR) is 80.3 cm³/mol. The molecule has 0 atom stereocenters. The van der Waals surface area contributed by atoms with Gasteiger partial charge in [-0.25, -0.2) is 15.0 Å². The van der Waals surface area contributed by atoms with E-state index in [2.05, 4.69) is 32.4 Å². The topological polar surface area (TPSA) is 50.7 Å². The maximum Gasteiger partial charge on any atom is 0.178 e. The molecule has 2 heterocycles. The fourth-order valence-corrected chi connectivity index (χ4v) is 2.21. The Morgan fingerprint density at radius 2 is 1.85 bits per heavy atom. The van der Waals surface area contributed by atoms with Crippen molar-refractivity contribution >= 4 is 10.9 Å². The summed E-state index contributed by atoms with van der Waals surface area (Å²) in [4.78, 5) is 13.7. The molecule has 1 aromatic carbocycles. The highest BCUT2D eigenvalue weighted by Crippen LogP contribution is 2.18. The van der Waals surface area contributed by atoms with E-state index in [0.717, 1.165) is 34.5 Å². The van der Waals surface area contributed by atoms with Crippen LogP contribution in [0.3, 0.4) is 0 Å². The van der Waals surface area contributed by atoms with Crippen molar-refractivity contribution in [2.45, 2.75) is 13.5 Å². The molecule has 0 aliphatic carbocycles. The predicted octanol–water partition coefficient (Wildman–Crippen LogP) is 2.72. The minimum Gasteiger partial charge on any atom is -0.314 e. The number of rotatable bonds is 3. The zero-order valence-electron chi connectivity index (χ0n) is 11.6. The molecule has 0 unspecified atom stereocenters. The first kappa shape index (κ1) is 12.7. The Balaban J connectivity index is 2.10. The van der Waals surface area contributed by atoms with E-state index in [1.165, 1.54) is 0 Å². The van der Waals surface area contributed by atoms with Gasteiger partial charge in [0, 0.05) is 17.6 Å². The van der Waals surface area contributed by atoms with Gasteiger partial charge in [-0.15, -0.1) is 0 Å². The molecule has 4 heteroatoms. The largest absolute Gasteiger partial charge is 0.314 e. The second-order valence-electron chi connectivity index (χ2n) is 4.74. The van der Waals surface area contributed by atoms with Crippen molar-refractivity contribution in [1.82, 2.24) is 20.3 Å². The molecule has 1 N–H and O–H groups in total. The highest BCUT2D eigenvalue weighted by molar-refractivity contribution is 5.80. The Labute approximate surface area is 117 Å². The molecule has 3 rings (SSSR count). The van der Waals surface area contributed by atoms with Gasteiger partial charge in [-0.2, -0.15) is 0 Å². The van der Waals surface area contributed by atoms with E-state index >= 15 is 0 Å². The molecule has 0 saturated heterocycles. The van der Waals surface area contributed by atoms with Gasteiger partial charge in [-0.1, -0.05) is 24.3 Å². The van der Waals surface area contributed by atoms with Crippen LogP contribution < -0.4 is 5.32 Å². The quantitative estimate of drug-likeness (QED) is 0.790. The number of hydrogen-bond donors (Lipinski definition) is 1. The van der Waals surface area contributed by atoms with Crippen molar-refractivity contribution in [2.24, 2.45) is 0 Å². The molecule has 20 heavy (non-hydrogen) atoms. The summed E-state index contributed by atoms with van der Waals surface area (Å²) >= 11 is 0. The van der Waals surface area contributed by atoms with Crippen molar-refractivity contribution in [2.75, 3.05) is 7.05 Å². The van der Waals surface area contributed by atoms with Crippen LogP contribution in [0.25, 0.3) is 22.4 Å². The first-order valence-corrected chi connectivity index (χ1v) is 6.61. The smallest absolute Gasteiger partial charge is 0.178 e. The second kappa shape index (κ2) is 5.35. The van der Waals surface area contributed by atoms with E-state index in [4.69, 9.17) is 0 Å². The van der Waals surface area contributed by atoms with E-state index < -0.39 is 0 Å². The average Bonchev–Trinajstić information content (AvgIpc) is 2.46. The summed E-state index contributed by atoms with van der Waals surface area (Å²) in [6.07, 6.45) is 0. The first-order chi connectivity index (χ1) is 9.76. The molecular formula is C16H16N4. The lowest BCUT2D eigenvalue weighted by molar-refractivity contribution is 0.784. The highest BCUT2D eigenvalue weighted by atomic mass is 14.9. The van der Waals surface area contributed by atoms with Crippen LogP contribution in [-0.4, -0.2) is 22.0 Å². The summed E-state index contributed by atoms with van der Waals surface area (Å²) in [7, 11) is 1.91. The summed E-state index contributed by atoms with van der Waals surface area (Å²) in [6.45, 7) is 2.70. The van der Waals surface area contributed by atoms with E-state index in [1.54, 1.807) is 0 Å². The molecule has 0 radical (unpaired) electrons. The molecule has 4 nitrogen and oxygen atoms in total. The molecule has 0 spiro atoms. The third-order valence-corrected chi connectivity index (χ3v) is 3.09. The fraction of sp³-hybridized carbons (Fsp3) is 0.188. The summed E-state index contributed by atoms with van der Waals surface area (Å²) < 4.78 is 0. The van der Waals surface area contributed by atoms with Gasteiger partial charge in [-0.3, -0.25) is 0 Å². The van der Waals surface area contributed by atoms with E-state index in [-0.39, 0.29) is 0 Å². The Hall–Kier alpha value is -2.33. The standard InChI is InChI=1S/C16H16N4/c1-11-9-13(10-17-2)19-16(18-11)15-8-7-12-5-3-4-6-14(12)20-15/h3-9,17H,10H2,1-2H3. The summed E-state index contributed by atoms with van der Waals surface area (Å²) in [5, 5.41) is 4.23. The van der Waals surface area contributed by atoms with Gasteiger partial charge >= 0.3 is 0 Å². The second-order valence-corrected chi connectivity index (χ2v) is 4.74. The number of para-hydroxylation sites is 1. The first-order valence-electron chi connectivity index (χ1n) is 6.61. The number of nitrogens with one attached hydrogen (secondary N) is 1. The van der Waals surface area contributed by atoms with Gasteiger partial charge < -0.3 is 5.32 Å². The molecule has 0 amide bonds. The number of pyridine rings is 1. The van der Waals surface area contributed by atoms with E-state index in [0.29, 0.717) is 5.82 Å². The van der Waals surface area contributed by atoms with Crippen LogP contribution in [0, 0.1) is 6.92 Å². The van der Waals surface area contributed by atoms with Crippen molar-refractivity contribution in [3.05, 3.63) is 53.9 Å². The van der Waals surface area contributed by atoms with Crippen molar-refractivity contribution < 1.29 is 0 Å². The minimum atomic E-state index is 0.681. The lowest BCUT2D eigenvalue weighted by atomic mass is 10.2. The Morgan fingerprint density at radius 1 is 1.00 bits per heavy atom. The van der Waals surface area contributed by atoms with Crippen LogP contribution in [0.4, 0.5) is 0 Å². The molecule has 0 saturated carbocycles. The summed E-state index contributed by atoms with van der Waals surface area (Å²) in [5.74, 6) is 0.681. The number of fused-ring (bicyclic) bond motifs is 1. The normalized spacial score (nSPS) is 10.9. The van der Waals surface area contributed by atoms with Gasteiger partial charge in [0.05, 0.1) is 11.2 Å². The molecule has 100 valence electrons. The van der Waals surface area contributed by atoms with Crippen LogP contribution in [0.1, 0.15) is 11.4 Å². The van der Waals surface area contributed by atoms with Crippen LogP contribution in [0.2, 0.25) is 0 Å². The third kappa shape index (κ3) is 2.51. The molecule has 3 aromatic rings. The number of aryl methyl sites for hydroxylation is 1. The van der Waals surface area contributed by atoms with Crippen LogP contribution >= 0.6 is 0 Å². The van der Waals surface area contributed by atoms with Gasteiger partial charge in [-0.05, 0) is 32.2 Å². The molecule has 2 aromatic heterocycles. The van der Waals surface area contributed by atoms with Crippen molar-refractivity contribution in [3.8, 4) is 11.5 Å². The third-order valence-electron chi connectivity index (χ3n) is 3.09. The fourth-order valence-electron chi connectivity index (χ4n) is 2.21. The molecule has 0 fully saturated rings. The maximum absolute atomic E-state index is 4.64. The summed E-state index contributed by atoms with van der Waals surface area (Å²) in [5.41, 5.74) is 3.70. The molecular weight excluding hydrogens is 248 g/mol. The van der Waals surface area contributed by atoms with Crippen LogP contribution in [0.15, 0.2) is 42.5 Å². The van der Waals surface area contributed by atoms with Crippen molar-refractivity contribution in [3.63, 3.8) is 0 Å². The number of nitrogens with zero attached hydrogens (tertiary/aromatic N) is 3. The van der Waals surface area contributed by atoms with E-state index in [1.807, 2.05) is 44.3 Å². The highest BCUT2D eigenvalue weighted by Gasteiger charge is 2.07. The zero-order valence-corrected chi connectivity index (χ0v) is 11.6. The van der Waals surface area contributed by atoms with Gasteiger partial charge in [0.2, 0.25) is 0 Å². The maximum atomic E-state index is 4.64. The van der Waals surface area contributed by atoms with Crippen molar-refractivity contribution in [1.29, 1.82) is 0 Å². The lowest BCUT2D eigenvalue weighted by Gasteiger charge is -2.06. The average molecular weight is 264 g/mol. The molecule has 0 bridgehead atoms. The van der Waals surface area contributed by atoms with Gasteiger partial charge in [0.1, 0.15) is 5.69 Å². The van der Waals surface area contributed by atoms with Crippen LogP contribution in [-0.2, 0) is 6.54 Å². The minimum absolute atomic E-state index is 0.681. The Kier molecular flexibility index (Phi) is 3.39. The Morgan fingerprint density at radius 3 is 2.70 bits per heavy atom. The number of hydrogen-bond acceptors (Lipinski definition) is 4. The summed E-state index contributed by atoms with van der Waals surface area (Å²) in [6, 6.07) is 14.1. The van der Waals surface area contributed by atoms with Gasteiger partial charge in [0.15, 0.2) is 5.82 Å². The lowest BCUT2D eigenvalue weighted by Crippen LogP contribution is -2.09. The number of aromatic nitrogens is 3. The Bertz CT molecular complexity index is 752. The zero-order chi connectivity index (χ0) is 13.9. The van der Waals surface area contributed by atoms with Gasteiger partial charge in [0.25, 0.3) is 0 Å².